The van der Waals surface area contributed by atoms with Gasteiger partial charge in [0, 0.05) is 24.5 Å². The van der Waals surface area contributed by atoms with Gasteiger partial charge in [-0.1, -0.05) is 32.0 Å². The Hall–Kier alpha value is -2.10. The maximum absolute atomic E-state index is 4.45. The van der Waals surface area contributed by atoms with Crippen molar-refractivity contribution in [2.24, 2.45) is 0 Å². The largest absolute Gasteiger partial charge is 0.357 e. The summed E-state index contributed by atoms with van der Waals surface area (Å²) in [6.07, 6.45) is 1.82. The number of rotatable bonds is 4. The van der Waals surface area contributed by atoms with Crippen LogP contribution >= 0.6 is 0 Å². The first-order chi connectivity index (χ1) is 9.11. The Morgan fingerprint density at radius 2 is 1.89 bits per heavy atom. The number of aromatic nitrogens is 2. The molecule has 2 rings (SSSR count). The van der Waals surface area contributed by atoms with Crippen LogP contribution in [-0.2, 0) is 0 Å². The van der Waals surface area contributed by atoms with Crippen molar-refractivity contribution in [1.29, 1.82) is 0 Å². The molecule has 0 atom stereocenters. The fraction of sp³-hybridized carbons (Fsp3) is 0.333. The van der Waals surface area contributed by atoms with Crippen molar-refractivity contribution in [1.82, 2.24) is 9.97 Å². The quantitative estimate of drug-likeness (QED) is 0.876. The summed E-state index contributed by atoms with van der Waals surface area (Å²) in [5.41, 5.74) is 3.41. The van der Waals surface area contributed by atoms with Gasteiger partial charge in [0.1, 0.15) is 5.82 Å². The highest BCUT2D eigenvalue weighted by Gasteiger charge is 2.08. The average molecular weight is 256 g/mol. The van der Waals surface area contributed by atoms with E-state index in [2.05, 4.69) is 52.6 Å². The lowest BCUT2D eigenvalue weighted by Crippen LogP contribution is -2.04. The molecular weight excluding hydrogens is 236 g/mol. The maximum atomic E-state index is 4.45. The molecule has 0 saturated carbocycles. The zero-order chi connectivity index (χ0) is 13.8. The van der Waals surface area contributed by atoms with Crippen LogP contribution in [0.4, 0.5) is 17.5 Å². The molecular formula is C15H20N4. The standard InChI is InChI=1S/C15H20N4/c1-10(2)12-7-5-6-8-13(12)18-14-11(3)9-17-15(16-4)19-14/h5-10H,1-4H3,(H2,16,17,18,19). The van der Waals surface area contributed by atoms with Crippen molar-refractivity contribution < 1.29 is 0 Å². The predicted octanol–water partition coefficient (Wildman–Crippen LogP) is 3.69. The van der Waals surface area contributed by atoms with E-state index in [1.807, 2.05) is 26.2 Å². The number of nitrogens with one attached hydrogen (secondary N) is 2. The van der Waals surface area contributed by atoms with Crippen LogP contribution in [-0.4, -0.2) is 17.0 Å². The van der Waals surface area contributed by atoms with E-state index in [4.69, 9.17) is 0 Å². The normalized spacial score (nSPS) is 10.6. The smallest absolute Gasteiger partial charge is 0.224 e. The van der Waals surface area contributed by atoms with E-state index in [0.717, 1.165) is 17.1 Å². The van der Waals surface area contributed by atoms with Gasteiger partial charge in [-0.15, -0.1) is 0 Å². The van der Waals surface area contributed by atoms with E-state index in [1.165, 1.54) is 5.56 Å². The summed E-state index contributed by atoms with van der Waals surface area (Å²) in [6, 6.07) is 8.31. The number of aryl methyl sites for hydroxylation is 1. The van der Waals surface area contributed by atoms with Crippen molar-refractivity contribution in [3.63, 3.8) is 0 Å². The van der Waals surface area contributed by atoms with Gasteiger partial charge >= 0.3 is 0 Å². The summed E-state index contributed by atoms with van der Waals surface area (Å²) < 4.78 is 0. The molecule has 2 N–H and O–H groups in total. The van der Waals surface area contributed by atoms with Crippen LogP contribution in [0.5, 0.6) is 0 Å². The van der Waals surface area contributed by atoms with E-state index in [0.29, 0.717) is 11.9 Å². The number of hydrogen-bond acceptors (Lipinski definition) is 4. The van der Waals surface area contributed by atoms with Crippen molar-refractivity contribution in [3.05, 3.63) is 41.6 Å². The number of hydrogen-bond donors (Lipinski definition) is 2. The van der Waals surface area contributed by atoms with Gasteiger partial charge in [0.25, 0.3) is 0 Å². The molecule has 0 bridgehead atoms. The first-order valence-corrected chi connectivity index (χ1v) is 6.49. The van der Waals surface area contributed by atoms with Gasteiger partial charge in [0.05, 0.1) is 0 Å². The fourth-order valence-electron chi connectivity index (χ4n) is 1.93. The Kier molecular flexibility index (Phi) is 4.00. The molecule has 2 aromatic rings. The molecule has 1 heterocycles. The number of benzene rings is 1. The summed E-state index contributed by atoms with van der Waals surface area (Å²) in [5.74, 6) is 1.93. The zero-order valence-corrected chi connectivity index (χ0v) is 11.9. The monoisotopic (exact) mass is 256 g/mol. The Balaban J connectivity index is 2.36. The average Bonchev–Trinajstić information content (AvgIpc) is 2.41. The minimum absolute atomic E-state index is 0.467. The SMILES string of the molecule is CNc1ncc(C)c(Nc2ccccc2C(C)C)n1. The van der Waals surface area contributed by atoms with Gasteiger partial charge in [0.2, 0.25) is 5.95 Å². The van der Waals surface area contributed by atoms with Crippen molar-refractivity contribution in [2.75, 3.05) is 17.7 Å². The molecule has 100 valence electrons. The summed E-state index contributed by atoms with van der Waals surface area (Å²) in [6.45, 7) is 6.37. The summed E-state index contributed by atoms with van der Waals surface area (Å²) in [7, 11) is 1.82. The highest BCUT2D eigenvalue weighted by atomic mass is 15.1. The van der Waals surface area contributed by atoms with E-state index < -0.39 is 0 Å². The summed E-state index contributed by atoms with van der Waals surface area (Å²) in [5, 5.41) is 6.36. The molecule has 19 heavy (non-hydrogen) atoms. The molecule has 0 fully saturated rings. The van der Waals surface area contributed by atoms with Crippen LogP contribution in [0.15, 0.2) is 30.5 Å². The van der Waals surface area contributed by atoms with E-state index in [-0.39, 0.29) is 0 Å². The lowest BCUT2D eigenvalue weighted by Gasteiger charge is -2.15. The Morgan fingerprint density at radius 3 is 2.58 bits per heavy atom. The van der Waals surface area contributed by atoms with Crippen LogP contribution in [0.3, 0.4) is 0 Å². The Morgan fingerprint density at radius 1 is 1.16 bits per heavy atom. The third-order valence-corrected chi connectivity index (χ3v) is 3.03. The van der Waals surface area contributed by atoms with Crippen molar-refractivity contribution in [2.45, 2.75) is 26.7 Å². The second kappa shape index (κ2) is 5.69. The molecule has 0 spiro atoms. The van der Waals surface area contributed by atoms with Gasteiger partial charge in [-0.3, -0.25) is 0 Å². The summed E-state index contributed by atoms with van der Waals surface area (Å²) >= 11 is 0. The minimum Gasteiger partial charge on any atom is -0.357 e. The molecule has 0 aliphatic rings. The number of anilines is 3. The molecule has 0 saturated heterocycles. The topological polar surface area (TPSA) is 49.8 Å². The number of nitrogens with zero attached hydrogens (tertiary/aromatic N) is 2. The molecule has 4 nitrogen and oxygen atoms in total. The maximum Gasteiger partial charge on any atom is 0.224 e. The van der Waals surface area contributed by atoms with Gasteiger partial charge < -0.3 is 10.6 Å². The molecule has 1 aromatic heterocycles. The molecule has 1 aromatic carbocycles. The van der Waals surface area contributed by atoms with Crippen LogP contribution in [0.1, 0.15) is 30.9 Å². The highest BCUT2D eigenvalue weighted by molar-refractivity contribution is 5.64. The van der Waals surface area contributed by atoms with Gasteiger partial charge in [0.15, 0.2) is 0 Å². The van der Waals surface area contributed by atoms with Gasteiger partial charge in [-0.25, -0.2) is 4.98 Å². The molecule has 0 aliphatic heterocycles. The fourth-order valence-corrected chi connectivity index (χ4v) is 1.93. The Labute approximate surface area is 114 Å². The lowest BCUT2D eigenvalue weighted by atomic mass is 10.0. The van der Waals surface area contributed by atoms with Crippen LogP contribution in [0.25, 0.3) is 0 Å². The zero-order valence-electron chi connectivity index (χ0n) is 11.9. The second-order valence-corrected chi connectivity index (χ2v) is 4.84. The summed E-state index contributed by atoms with van der Waals surface area (Å²) in [4.78, 5) is 8.65. The first-order valence-electron chi connectivity index (χ1n) is 6.49. The first kappa shape index (κ1) is 13.3. The van der Waals surface area contributed by atoms with Gasteiger partial charge in [-0.2, -0.15) is 4.98 Å². The third-order valence-electron chi connectivity index (χ3n) is 3.03. The number of para-hydroxylation sites is 1. The molecule has 0 amide bonds. The molecule has 0 radical (unpaired) electrons. The molecule has 0 unspecified atom stereocenters. The van der Waals surface area contributed by atoms with Crippen LogP contribution in [0.2, 0.25) is 0 Å². The van der Waals surface area contributed by atoms with E-state index in [9.17, 15) is 0 Å². The van der Waals surface area contributed by atoms with Crippen LogP contribution in [0, 0.1) is 6.92 Å². The van der Waals surface area contributed by atoms with Crippen LogP contribution < -0.4 is 10.6 Å². The molecule has 0 aliphatic carbocycles. The van der Waals surface area contributed by atoms with Crippen molar-refractivity contribution in [3.8, 4) is 0 Å². The van der Waals surface area contributed by atoms with E-state index >= 15 is 0 Å². The van der Waals surface area contributed by atoms with Crippen molar-refractivity contribution >= 4 is 17.5 Å². The lowest BCUT2D eigenvalue weighted by molar-refractivity contribution is 0.868. The Bertz CT molecular complexity index is 564. The van der Waals surface area contributed by atoms with E-state index in [1.54, 1.807) is 0 Å². The van der Waals surface area contributed by atoms with Gasteiger partial charge in [-0.05, 0) is 24.5 Å². The molecule has 4 heteroatoms. The second-order valence-electron chi connectivity index (χ2n) is 4.84. The third kappa shape index (κ3) is 3.02. The minimum atomic E-state index is 0.467. The highest BCUT2D eigenvalue weighted by Crippen LogP contribution is 2.27. The predicted molar refractivity (Wildman–Crippen MR) is 80.1 cm³/mol.